The number of rotatable bonds is 3. The van der Waals surface area contributed by atoms with Gasteiger partial charge in [-0.2, -0.15) is 0 Å². The first-order chi connectivity index (χ1) is 13.0. The van der Waals surface area contributed by atoms with Gasteiger partial charge < -0.3 is 15.0 Å². The second-order valence-corrected chi connectivity index (χ2v) is 7.46. The Morgan fingerprint density at radius 1 is 1.04 bits per heavy atom. The number of hydrogen-bond donors (Lipinski definition) is 1. The summed E-state index contributed by atoms with van der Waals surface area (Å²) in [5, 5.41) is 3.72. The number of nitrogens with zero attached hydrogens (tertiary/aromatic N) is 2. The first-order valence-electron chi connectivity index (χ1n) is 9.28. The molecule has 0 fully saturated rings. The highest BCUT2D eigenvalue weighted by atomic mass is 16.5. The van der Waals surface area contributed by atoms with Crippen LogP contribution < -0.4 is 15.0 Å². The zero-order valence-electron chi connectivity index (χ0n) is 16.3. The molecular weight excluding hydrogens is 334 g/mol. The van der Waals surface area contributed by atoms with E-state index in [0.29, 0.717) is 0 Å². The molecule has 0 aromatic heterocycles. The van der Waals surface area contributed by atoms with Gasteiger partial charge in [0.05, 0.1) is 12.0 Å². The number of anilines is 2. The average molecular weight is 360 g/mol. The molecule has 1 N–H and O–H groups in total. The average Bonchev–Trinajstić information content (AvgIpc) is 2.67. The molecule has 4 heteroatoms. The van der Waals surface area contributed by atoms with Crippen LogP contribution in [-0.2, 0) is 0 Å². The molecule has 0 amide bonds. The number of allylic oxidation sites excluding steroid dienone is 2. The van der Waals surface area contributed by atoms with Crippen molar-refractivity contribution in [3.63, 3.8) is 0 Å². The van der Waals surface area contributed by atoms with E-state index in [4.69, 9.17) is 4.74 Å². The molecule has 0 bridgehead atoms. The van der Waals surface area contributed by atoms with Crippen molar-refractivity contribution in [3.8, 4) is 5.75 Å². The van der Waals surface area contributed by atoms with Gasteiger partial charge >= 0.3 is 0 Å². The van der Waals surface area contributed by atoms with E-state index in [9.17, 15) is 0 Å². The molecule has 1 heterocycles. The Hall–Kier alpha value is -3.01. The summed E-state index contributed by atoms with van der Waals surface area (Å²) >= 11 is 0. The summed E-state index contributed by atoms with van der Waals surface area (Å²) in [4.78, 5) is 2.10. The van der Waals surface area contributed by atoms with Gasteiger partial charge in [0, 0.05) is 49.3 Å². The van der Waals surface area contributed by atoms with Gasteiger partial charge in [-0.05, 0) is 18.2 Å². The third kappa shape index (κ3) is 3.35. The number of para-hydroxylation sites is 1. The van der Waals surface area contributed by atoms with Crippen molar-refractivity contribution in [2.24, 2.45) is 5.92 Å². The van der Waals surface area contributed by atoms with Crippen molar-refractivity contribution in [1.82, 2.24) is 0 Å². The lowest BCUT2D eigenvalue weighted by molar-refractivity contribution is -0.462. The monoisotopic (exact) mass is 360 g/mol. The predicted molar refractivity (Wildman–Crippen MR) is 112 cm³/mol. The fourth-order valence-electron chi connectivity index (χ4n) is 3.59. The van der Waals surface area contributed by atoms with Crippen molar-refractivity contribution < 1.29 is 9.31 Å². The van der Waals surface area contributed by atoms with Crippen molar-refractivity contribution in [2.45, 2.75) is 6.04 Å². The minimum atomic E-state index is 0.124. The van der Waals surface area contributed by atoms with Gasteiger partial charge in [-0.1, -0.05) is 30.3 Å². The third-order valence-corrected chi connectivity index (χ3v) is 5.14. The van der Waals surface area contributed by atoms with Crippen LogP contribution in [0.25, 0.3) is 0 Å². The lowest BCUT2D eigenvalue weighted by Gasteiger charge is -2.36. The number of benzene rings is 2. The molecule has 2 aliphatic rings. The van der Waals surface area contributed by atoms with Crippen LogP contribution in [0.5, 0.6) is 5.75 Å². The molecule has 4 rings (SSSR count). The van der Waals surface area contributed by atoms with Crippen LogP contribution in [-0.4, -0.2) is 38.5 Å². The van der Waals surface area contributed by atoms with Crippen molar-refractivity contribution >= 4 is 17.1 Å². The molecule has 0 saturated carbocycles. The second kappa shape index (κ2) is 6.95. The second-order valence-electron chi connectivity index (χ2n) is 7.46. The highest BCUT2D eigenvalue weighted by Crippen LogP contribution is 2.45. The Bertz CT molecular complexity index is 937. The summed E-state index contributed by atoms with van der Waals surface area (Å²) in [7, 11) is 8.20. The minimum Gasteiger partial charge on any atom is -0.460 e. The van der Waals surface area contributed by atoms with Crippen LogP contribution in [0.4, 0.5) is 11.4 Å². The zero-order chi connectivity index (χ0) is 19.0. The van der Waals surface area contributed by atoms with Crippen molar-refractivity contribution in [3.05, 3.63) is 78.1 Å². The lowest BCUT2D eigenvalue weighted by Crippen LogP contribution is -2.31. The Morgan fingerprint density at radius 3 is 2.52 bits per heavy atom. The van der Waals surface area contributed by atoms with E-state index in [1.807, 2.05) is 20.2 Å². The van der Waals surface area contributed by atoms with E-state index in [2.05, 4.69) is 89.6 Å². The maximum absolute atomic E-state index is 6.37. The summed E-state index contributed by atoms with van der Waals surface area (Å²) in [6, 6.07) is 17.0. The van der Waals surface area contributed by atoms with Gasteiger partial charge in [-0.3, -0.25) is 0 Å². The summed E-state index contributed by atoms with van der Waals surface area (Å²) in [5.74, 6) is 2.06. The van der Waals surface area contributed by atoms with E-state index < -0.39 is 0 Å². The van der Waals surface area contributed by atoms with Gasteiger partial charge in [0.25, 0.3) is 0 Å². The largest absolute Gasteiger partial charge is 0.460 e. The van der Waals surface area contributed by atoms with Crippen LogP contribution in [0.2, 0.25) is 0 Å². The number of hydrogen-bond acceptors (Lipinski definition) is 3. The molecule has 0 spiro atoms. The van der Waals surface area contributed by atoms with Crippen LogP contribution in [0, 0.1) is 5.92 Å². The normalized spacial score (nSPS) is 20.1. The Morgan fingerprint density at radius 2 is 1.81 bits per heavy atom. The molecule has 2 aromatic carbocycles. The van der Waals surface area contributed by atoms with Crippen molar-refractivity contribution in [2.75, 3.05) is 38.4 Å². The van der Waals surface area contributed by atoms with Crippen LogP contribution in [0.3, 0.4) is 0 Å². The van der Waals surface area contributed by atoms with Crippen LogP contribution in [0.15, 0.2) is 72.5 Å². The Kier molecular flexibility index (Phi) is 4.48. The Balaban J connectivity index is 1.80. The standard InChI is InChI=1S/C23H26N3O/c1-25(2)17-10-12-19-21(14-17)27-22-15-18(26(3)4)11-13-20(22)23(19)24-16-8-6-5-7-9-16/h5-15,19,23-24H,1-4H3/q+1. The van der Waals surface area contributed by atoms with Crippen LogP contribution >= 0.6 is 0 Å². The number of nitrogens with one attached hydrogen (secondary N) is 1. The first kappa shape index (κ1) is 17.4. The quantitative estimate of drug-likeness (QED) is 0.836. The minimum absolute atomic E-state index is 0.124. The molecule has 2 unspecified atom stereocenters. The van der Waals surface area contributed by atoms with Gasteiger partial charge in [-0.15, -0.1) is 0 Å². The summed E-state index contributed by atoms with van der Waals surface area (Å²) < 4.78 is 8.48. The van der Waals surface area contributed by atoms with Crippen LogP contribution in [0.1, 0.15) is 11.6 Å². The van der Waals surface area contributed by atoms with E-state index in [1.54, 1.807) is 0 Å². The van der Waals surface area contributed by atoms with E-state index in [0.717, 1.165) is 28.6 Å². The van der Waals surface area contributed by atoms with Gasteiger partial charge in [0.1, 0.15) is 25.6 Å². The lowest BCUT2D eigenvalue weighted by atomic mass is 9.84. The molecule has 1 aliphatic carbocycles. The molecule has 4 nitrogen and oxygen atoms in total. The summed E-state index contributed by atoms with van der Waals surface area (Å²) in [5.41, 5.74) is 4.58. The maximum Gasteiger partial charge on any atom is 0.202 e. The maximum atomic E-state index is 6.37. The van der Waals surface area contributed by atoms with E-state index in [-0.39, 0.29) is 12.0 Å². The SMILES string of the molecule is CN(C)c1ccc2c(c1)OC1=CC(=[N+](C)C)C=CC1C2Nc1ccccc1. The fourth-order valence-corrected chi connectivity index (χ4v) is 3.59. The molecule has 138 valence electrons. The third-order valence-electron chi connectivity index (χ3n) is 5.14. The molecule has 1 aliphatic heterocycles. The molecule has 0 saturated heterocycles. The Labute approximate surface area is 161 Å². The van der Waals surface area contributed by atoms with Crippen molar-refractivity contribution in [1.29, 1.82) is 0 Å². The smallest absolute Gasteiger partial charge is 0.202 e. The summed E-state index contributed by atoms with van der Waals surface area (Å²) in [6.07, 6.45) is 6.57. The summed E-state index contributed by atoms with van der Waals surface area (Å²) in [6.45, 7) is 0. The highest BCUT2D eigenvalue weighted by Gasteiger charge is 2.36. The molecule has 0 radical (unpaired) electrons. The molecule has 2 atom stereocenters. The van der Waals surface area contributed by atoms with E-state index >= 15 is 0 Å². The zero-order valence-corrected chi connectivity index (χ0v) is 16.3. The topological polar surface area (TPSA) is 27.5 Å². The molecule has 2 aromatic rings. The van der Waals surface area contributed by atoms with Gasteiger partial charge in [0.15, 0.2) is 0 Å². The van der Waals surface area contributed by atoms with Gasteiger partial charge in [0.2, 0.25) is 5.71 Å². The molecule has 27 heavy (non-hydrogen) atoms. The fraction of sp³-hybridized carbons (Fsp3) is 0.261. The predicted octanol–water partition coefficient (Wildman–Crippen LogP) is 4.08. The van der Waals surface area contributed by atoms with E-state index in [1.165, 1.54) is 5.56 Å². The highest BCUT2D eigenvalue weighted by molar-refractivity contribution is 6.01. The first-order valence-corrected chi connectivity index (χ1v) is 9.28. The molecular formula is C23H26N3O+. The number of ether oxygens (including phenoxy) is 1. The van der Waals surface area contributed by atoms with Gasteiger partial charge in [-0.25, -0.2) is 4.58 Å². The number of fused-ring (bicyclic) bond motifs is 2.